The molecule has 2 N–H and O–H groups in total. The van der Waals surface area contributed by atoms with Crippen LogP contribution in [-0.4, -0.2) is 28.6 Å². The second-order valence-electron chi connectivity index (χ2n) is 4.95. The zero-order valence-corrected chi connectivity index (χ0v) is 14.2. The van der Waals surface area contributed by atoms with Crippen LogP contribution in [-0.2, 0) is 17.9 Å². The zero-order chi connectivity index (χ0) is 14.5. The van der Waals surface area contributed by atoms with Crippen LogP contribution in [0.2, 0.25) is 0 Å². The van der Waals surface area contributed by atoms with Crippen LogP contribution < -0.4 is 15.4 Å². The predicted octanol–water partition coefficient (Wildman–Crippen LogP) is 2.24. The van der Waals surface area contributed by atoms with Crippen LogP contribution in [0, 0.1) is 0 Å². The second kappa shape index (κ2) is 9.39. The van der Waals surface area contributed by atoms with E-state index < -0.39 is 0 Å². The lowest BCUT2D eigenvalue weighted by atomic mass is 10.1. The van der Waals surface area contributed by atoms with Gasteiger partial charge in [-0.25, -0.2) is 4.98 Å². The largest absolute Gasteiger partial charge is 0.492 e. The number of imidazole rings is 1. The van der Waals surface area contributed by atoms with Gasteiger partial charge in [-0.05, 0) is 18.2 Å². The molecule has 2 heterocycles. The molecular formula is C15H20Cl2N4O2. The monoisotopic (exact) mass is 358 g/mol. The molecule has 1 aromatic carbocycles. The summed E-state index contributed by atoms with van der Waals surface area (Å²) in [4.78, 5) is 15.9. The molecular weight excluding hydrogens is 339 g/mol. The van der Waals surface area contributed by atoms with Gasteiger partial charge in [-0.15, -0.1) is 24.8 Å². The van der Waals surface area contributed by atoms with Crippen LogP contribution in [0.25, 0.3) is 0 Å². The van der Waals surface area contributed by atoms with Gasteiger partial charge < -0.3 is 19.9 Å². The highest BCUT2D eigenvalue weighted by atomic mass is 35.5. The van der Waals surface area contributed by atoms with Crippen molar-refractivity contribution in [2.24, 2.45) is 0 Å². The Hall–Kier alpha value is -1.76. The quantitative estimate of drug-likeness (QED) is 0.879. The molecule has 126 valence electrons. The van der Waals surface area contributed by atoms with Gasteiger partial charge in [-0.2, -0.15) is 0 Å². The Balaban J connectivity index is 0.00000132. The smallest absolute Gasteiger partial charge is 0.226 e. The number of hydrogen-bond acceptors (Lipinski definition) is 4. The van der Waals surface area contributed by atoms with Gasteiger partial charge in [0.1, 0.15) is 12.4 Å². The van der Waals surface area contributed by atoms with Crippen LogP contribution in [0.3, 0.4) is 0 Å². The zero-order valence-electron chi connectivity index (χ0n) is 12.5. The van der Waals surface area contributed by atoms with Gasteiger partial charge in [0.25, 0.3) is 0 Å². The maximum atomic E-state index is 12.0. The molecule has 0 saturated carbocycles. The summed E-state index contributed by atoms with van der Waals surface area (Å²) in [5.74, 6) is 0.877. The van der Waals surface area contributed by atoms with Gasteiger partial charge in [0.05, 0.1) is 6.33 Å². The van der Waals surface area contributed by atoms with Crippen LogP contribution in [0.15, 0.2) is 36.9 Å². The number of rotatable bonds is 4. The minimum atomic E-state index is -0.00819. The van der Waals surface area contributed by atoms with Crippen molar-refractivity contribution in [1.29, 1.82) is 0 Å². The summed E-state index contributed by atoms with van der Waals surface area (Å²) in [5, 5.41) is 6.20. The fourth-order valence-corrected chi connectivity index (χ4v) is 2.27. The summed E-state index contributed by atoms with van der Waals surface area (Å²) in [6.07, 6.45) is 5.68. The number of nitrogens with one attached hydrogen (secondary N) is 2. The topological polar surface area (TPSA) is 68.2 Å². The third-order valence-corrected chi connectivity index (χ3v) is 3.35. The molecule has 1 aliphatic heterocycles. The summed E-state index contributed by atoms with van der Waals surface area (Å²) >= 11 is 0. The fraction of sp³-hybridized carbons (Fsp3) is 0.333. The van der Waals surface area contributed by atoms with Crippen LogP contribution in [0.5, 0.6) is 5.75 Å². The van der Waals surface area contributed by atoms with E-state index in [9.17, 15) is 4.79 Å². The highest BCUT2D eigenvalue weighted by Gasteiger charge is 2.10. The number of ether oxygens (including phenoxy) is 1. The number of halogens is 2. The van der Waals surface area contributed by atoms with E-state index in [4.69, 9.17) is 4.74 Å². The number of nitrogens with zero attached hydrogens (tertiary/aromatic N) is 2. The molecule has 23 heavy (non-hydrogen) atoms. The van der Waals surface area contributed by atoms with Crippen LogP contribution in [0.4, 0.5) is 5.69 Å². The first kappa shape index (κ1) is 19.3. The standard InChI is InChI=1S/C15H18N4O2.2ClH/c20-15(3-6-19-7-4-17-11-19)18-13-1-2-14-12(9-13)10-16-5-8-21-14;;/h1-2,4,7,9,11,16H,3,5-6,8,10H2,(H,18,20);2*1H. The van der Waals surface area contributed by atoms with E-state index in [1.807, 2.05) is 29.0 Å². The Morgan fingerprint density at radius 1 is 1.39 bits per heavy atom. The molecule has 0 aliphatic carbocycles. The number of aryl methyl sites for hydroxylation is 1. The Labute approximate surface area is 147 Å². The number of amides is 1. The lowest BCUT2D eigenvalue weighted by molar-refractivity contribution is -0.116. The number of benzene rings is 1. The fourth-order valence-electron chi connectivity index (χ4n) is 2.27. The van der Waals surface area contributed by atoms with Gasteiger partial charge in [0.2, 0.25) is 5.91 Å². The summed E-state index contributed by atoms with van der Waals surface area (Å²) in [6.45, 7) is 2.89. The molecule has 1 amide bonds. The predicted molar refractivity (Wildman–Crippen MR) is 93.6 cm³/mol. The molecule has 8 heteroatoms. The van der Waals surface area contributed by atoms with Crippen molar-refractivity contribution in [2.75, 3.05) is 18.5 Å². The molecule has 0 spiro atoms. The van der Waals surface area contributed by atoms with E-state index in [1.165, 1.54) is 0 Å². The normalized spacial score (nSPS) is 12.7. The molecule has 1 aromatic heterocycles. The maximum Gasteiger partial charge on any atom is 0.226 e. The van der Waals surface area contributed by atoms with Crippen molar-refractivity contribution in [3.63, 3.8) is 0 Å². The first-order chi connectivity index (χ1) is 10.3. The number of aromatic nitrogens is 2. The highest BCUT2D eigenvalue weighted by Crippen LogP contribution is 2.24. The molecule has 6 nitrogen and oxygen atoms in total. The lowest BCUT2D eigenvalue weighted by Gasteiger charge is -2.10. The first-order valence-corrected chi connectivity index (χ1v) is 7.03. The van der Waals surface area contributed by atoms with E-state index in [0.717, 1.165) is 30.1 Å². The third-order valence-electron chi connectivity index (χ3n) is 3.35. The SMILES string of the molecule is Cl.Cl.O=C(CCn1ccnc1)Nc1ccc2c(c1)CNCCO2. The summed E-state index contributed by atoms with van der Waals surface area (Å²) in [7, 11) is 0. The van der Waals surface area contributed by atoms with Crippen molar-refractivity contribution < 1.29 is 9.53 Å². The number of carbonyl (C=O) groups is 1. The molecule has 1 aliphatic rings. The first-order valence-electron chi connectivity index (χ1n) is 7.03. The molecule has 3 rings (SSSR count). The van der Waals surface area contributed by atoms with Crippen molar-refractivity contribution in [2.45, 2.75) is 19.5 Å². The number of carbonyl (C=O) groups excluding carboxylic acids is 1. The lowest BCUT2D eigenvalue weighted by Crippen LogP contribution is -2.16. The number of hydrogen-bond donors (Lipinski definition) is 2. The highest BCUT2D eigenvalue weighted by molar-refractivity contribution is 5.90. The molecule has 0 bridgehead atoms. The number of fused-ring (bicyclic) bond motifs is 1. The minimum absolute atomic E-state index is 0. The third kappa shape index (κ3) is 5.42. The summed E-state index contributed by atoms with van der Waals surface area (Å²) in [5.41, 5.74) is 1.87. The average molecular weight is 359 g/mol. The van der Waals surface area contributed by atoms with Crippen molar-refractivity contribution in [3.8, 4) is 5.75 Å². The van der Waals surface area contributed by atoms with Crippen LogP contribution in [0.1, 0.15) is 12.0 Å². The molecule has 0 unspecified atom stereocenters. The molecule has 0 saturated heterocycles. The van der Waals surface area contributed by atoms with Gasteiger partial charge in [-0.1, -0.05) is 0 Å². The van der Waals surface area contributed by atoms with Crippen molar-refractivity contribution >= 4 is 36.4 Å². The number of anilines is 1. The van der Waals surface area contributed by atoms with E-state index in [0.29, 0.717) is 19.6 Å². The van der Waals surface area contributed by atoms with Crippen molar-refractivity contribution in [3.05, 3.63) is 42.5 Å². The second-order valence-corrected chi connectivity index (χ2v) is 4.95. The van der Waals surface area contributed by atoms with Gasteiger partial charge in [0.15, 0.2) is 0 Å². The Morgan fingerprint density at radius 2 is 2.26 bits per heavy atom. The summed E-state index contributed by atoms with van der Waals surface area (Å²) < 4.78 is 7.50. The van der Waals surface area contributed by atoms with Crippen molar-refractivity contribution in [1.82, 2.24) is 14.9 Å². The molecule has 0 atom stereocenters. The maximum absolute atomic E-state index is 12.0. The molecule has 0 fully saturated rings. The van der Waals surface area contributed by atoms with E-state index in [2.05, 4.69) is 15.6 Å². The van der Waals surface area contributed by atoms with Crippen LogP contribution >= 0.6 is 24.8 Å². The Kier molecular flexibility index (Phi) is 7.88. The molecule has 2 aromatic rings. The van der Waals surface area contributed by atoms with E-state index in [1.54, 1.807) is 12.5 Å². The average Bonchev–Trinajstić information content (AvgIpc) is 2.90. The van der Waals surface area contributed by atoms with Gasteiger partial charge in [-0.3, -0.25) is 4.79 Å². The summed E-state index contributed by atoms with van der Waals surface area (Å²) in [6, 6.07) is 5.75. The van der Waals surface area contributed by atoms with E-state index in [-0.39, 0.29) is 30.7 Å². The van der Waals surface area contributed by atoms with E-state index >= 15 is 0 Å². The minimum Gasteiger partial charge on any atom is -0.492 e. The molecule has 0 radical (unpaired) electrons. The Bertz CT molecular complexity index is 620. The Morgan fingerprint density at radius 3 is 3.04 bits per heavy atom. The van der Waals surface area contributed by atoms with Gasteiger partial charge >= 0.3 is 0 Å². The van der Waals surface area contributed by atoms with Gasteiger partial charge in [0, 0.05) is 49.7 Å².